The number of fused-ring (bicyclic) bond motifs is 1. The molecule has 3 rings (SSSR count). The molecule has 3 aliphatic rings. The summed E-state index contributed by atoms with van der Waals surface area (Å²) in [7, 11) is 1.33. The molecule has 0 heterocycles. The summed E-state index contributed by atoms with van der Waals surface area (Å²) in [5.41, 5.74) is -2.16. The summed E-state index contributed by atoms with van der Waals surface area (Å²) in [4.78, 5) is 23.1. The van der Waals surface area contributed by atoms with Crippen LogP contribution in [0.1, 0.15) is 38.5 Å². The van der Waals surface area contributed by atoms with Gasteiger partial charge in [0.2, 0.25) is 0 Å². The van der Waals surface area contributed by atoms with E-state index in [0.29, 0.717) is 24.7 Å². The third kappa shape index (κ3) is 1.39. The summed E-state index contributed by atoms with van der Waals surface area (Å²) < 4.78 is 5.25. The minimum Gasteiger partial charge on any atom is -0.481 e. The highest BCUT2D eigenvalue weighted by Gasteiger charge is 2.86. The van der Waals surface area contributed by atoms with Crippen LogP contribution in [-0.4, -0.2) is 34.9 Å². The molecule has 5 heteroatoms. The van der Waals surface area contributed by atoms with Crippen LogP contribution in [0.5, 0.6) is 0 Å². The van der Waals surface area contributed by atoms with Crippen LogP contribution in [0.3, 0.4) is 0 Å². The first-order valence-corrected chi connectivity index (χ1v) is 7.01. The van der Waals surface area contributed by atoms with Crippen molar-refractivity contribution in [1.82, 2.24) is 0 Å². The van der Waals surface area contributed by atoms with Gasteiger partial charge >= 0.3 is 11.9 Å². The van der Waals surface area contributed by atoms with Gasteiger partial charge in [-0.25, -0.2) is 4.79 Å². The van der Waals surface area contributed by atoms with Crippen molar-refractivity contribution in [2.45, 2.75) is 44.1 Å². The van der Waals surface area contributed by atoms with Gasteiger partial charge in [0, 0.05) is 12.5 Å². The molecule has 5 nitrogen and oxygen atoms in total. The lowest BCUT2D eigenvalue weighted by molar-refractivity contribution is -0.158. The van der Waals surface area contributed by atoms with Gasteiger partial charge in [-0.05, 0) is 24.7 Å². The molecule has 0 radical (unpaired) electrons. The van der Waals surface area contributed by atoms with E-state index in [-0.39, 0.29) is 0 Å². The quantitative estimate of drug-likeness (QED) is 0.814. The van der Waals surface area contributed by atoms with Gasteiger partial charge < -0.3 is 14.9 Å². The molecule has 4 atom stereocenters. The van der Waals surface area contributed by atoms with Crippen molar-refractivity contribution in [3.05, 3.63) is 0 Å². The summed E-state index contributed by atoms with van der Waals surface area (Å²) in [6.07, 6.45) is 5.99. The highest BCUT2D eigenvalue weighted by molar-refractivity contribution is 5.95. The molecule has 2 N–H and O–H groups in total. The molecule has 0 aromatic carbocycles. The highest BCUT2D eigenvalue weighted by atomic mass is 16.5. The predicted octanol–water partition coefficient (Wildman–Crippen LogP) is 1.76. The Morgan fingerprint density at radius 3 is 1.95 bits per heavy atom. The Morgan fingerprint density at radius 1 is 1.11 bits per heavy atom. The minimum absolute atomic E-state index is 0.493. The number of carbonyl (C=O) groups is 2. The smallest absolute Gasteiger partial charge is 0.337 e. The molecule has 3 saturated carbocycles. The zero-order valence-corrected chi connectivity index (χ0v) is 11.1. The maximum Gasteiger partial charge on any atom is 0.337 e. The van der Waals surface area contributed by atoms with Crippen molar-refractivity contribution >= 4 is 11.9 Å². The Bertz CT molecular complexity index is 418. The SMILES string of the molecule is CO[C@@]1(C(=O)O)[C@H](C(=O)O)C12C[C@@H]1CCCC[C@H]1C2. The van der Waals surface area contributed by atoms with Crippen molar-refractivity contribution in [3.8, 4) is 0 Å². The summed E-state index contributed by atoms with van der Waals surface area (Å²) in [5.74, 6) is -2.03. The first-order valence-electron chi connectivity index (χ1n) is 7.01. The largest absolute Gasteiger partial charge is 0.481 e. The topological polar surface area (TPSA) is 83.8 Å². The van der Waals surface area contributed by atoms with Gasteiger partial charge in [-0.15, -0.1) is 0 Å². The predicted molar refractivity (Wildman–Crippen MR) is 65.6 cm³/mol. The molecule has 0 amide bonds. The second kappa shape index (κ2) is 3.95. The van der Waals surface area contributed by atoms with Crippen LogP contribution < -0.4 is 0 Å². The molecule has 19 heavy (non-hydrogen) atoms. The number of hydrogen-bond acceptors (Lipinski definition) is 3. The van der Waals surface area contributed by atoms with Crippen LogP contribution in [0, 0.1) is 23.2 Å². The van der Waals surface area contributed by atoms with E-state index >= 15 is 0 Å². The zero-order chi connectivity index (χ0) is 13.8. The van der Waals surface area contributed by atoms with Gasteiger partial charge in [-0.2, -0.15) is 0 Å². The molecule has 0 aromatic heterocycles. The number of methoxy groups -OCH3 is 1. The Labute approximate surface area is 111 Å². The second-order valence-electron chi connectivity index (χ2n) is 6.39. The van der Waals surface area contributed by atoms with Gasteiger partial charge in [-0.3, -0.25) is 4.79 Å². The van der Waals surface area contributed by atoms with Crippen molar-refractivity contribution in [2.75, 3.05) is 7.11 Å². The van der Waals surface area contributed by atoms with E-state index in [0.717, 1.165) is 12.8 Å². The maximum absolute atomic E-state index is 11.6. The monoisotopic (exact) mass is 268 g/mol. The molecule has 1 spiro atoms. The van der Waals surface area contributed by atoms with Gasteiger partial charge in [0.25, 0.3) is 0 Å². The first kappa shape index (κ1) is 12.9. The van der Waals surface area contributed by atoms with E-state index in [1.54, 1.807) is 0 Å². The minimum atomic E-state index is -1.49. The molecule has 0 unspecified atom stereocenters. The lowest BCUT2D eigenvalue weighted by Gasteiger charge is -2.24. The Kier molecular flexibility index (Phi) is 2.68. The fraction of sp³-hybridized carbons (Fsp3) is 0.857. The number of hydrogen-bond donors (Lipinski definition) is 2. The van der Waals surface area contributed by atoms with Crippen molar-refractivity contribution < 1.29 is 24.5 Å². The van der Waals surface area contributed by atoms with Crippen molar-refractivity contribution in [1.29, 1.82) is 0 Å². The molecule has 3 aliphatic carbocycles. The van der Waals surface area contributed by atoms with Crippen molar-refractivity contribution in [2.24, 2.45) is 23.2 Å². The Hall–Kier alpha value is -1.10. The highest BCUT2D eigenvalue weighted by Crippen LogP contribution is 2.75. The summed E-state index contributed by atoms with van der Waals surface area (Å²) in [6.45, 7) is 0. The van der Waals surface area contributed by atoms with Crippen LogP contribution in [-0.2, 0) is 14.3 Å². The van der Waals surface area contributed by atoms with Gasteiger partial charge in [-0.1, -0.05) is 25.7 Å². The van der Waals surface area contributed by atoms with Gasteiger partial charge in [0.15, 0.2) is 5.60 Å². The van der Waals surface area contributed by atoms with Gasteiger partial charge in [0.1, 0.15) is 5.92 Å². The third-order valence-corrected chi connectivity index (χ3v) is 5.82. The van der Waals surface area contributed by atoms with Crippen LogP contribution in [0.4, 0.5) is 0 Å². The normalized spacial score (nSPS) is 47.9. The number of carboxylic acid groups (broad SMARTS) is 2. The summed E-state index contributed by atoms with van der Waals surface area (Å²) in [5, 5.41) is 18.9. The summed E-state index contributed by atoms with van der Waals surface area (Å²) in [6, 6.07) is 0. The van der Waals surface area contributed by atoms with E-state index < -0.39 is 28.9 Å². The van der Waals surface area contributed by atoms with E-state index in [1.165, 1.54) is 20.0 Å². The van der Waals surface area contributed by atoms with Crippen LogP contribution in [0.25, 0.3) is 0 Å². The van der Waals surface area contributed by atoms with Gasteiger partial charge in [0.05, 0.1) is 0 Å². The fourth-order valence-corrected chi connectivity index (χ4v) is 5.10. The van der Waals surface area contributed by atoms with Crippen LogP contribution in [0.15, 0.2) is 0 Å². The molecule has 0 aromatic rings. The number of aliphatic carboxylic acids is 2. The molecule has 0 saturated heterocycles. The van der Waals surface area contributed by atoms with E-state index in [1.807, 2.05) is 0 Å². The van der Waals surface area contributed by atoms with E-state index in [2.05, 4.69) is 0 Å². The van der Waals surface area contributed by atoms with E-state index in [9.17, 15) is 19.8 Å². The molecule has 3 fully saturated rings. The lowest BCUT2D eigenvalue weighted by Crippen LogP contribution is -2.33. The molecule has 0 bridgehead atoms. The fourth-order valence-electron chi connectivity index (χ4n) is 5.10. The Morgan fingerprint density at radius 2 is 1.63 bits per heavy atom. The maximum atomic E-state index is 11.6. The second-order valence-corrected chi connectivity index (χ2v) is 6.39. The average molecular weight is 268 g/mol. The van der Waals surface area contributed by atoms with Crippen LogP contribution >= 0.6 is 0 Å². The van der Waals surface area contributed by atoms with Crippen LogP contribution in [0.2, 0.25) is 0 Å². The molecule has 106 valence electrons. The molecular formula is C14H20O5. The third-order valence-electron chi connectivity index (χ3n) is 5.82. The number of carboxylic acids is 2. The average Bonchev–Trinajstić information content (AvgIpc) is 2.73. The summed E-state index contributed by atoms with van der Waals surface area (Å²) >= 11 is 0. The molecule has 0 aliphatic heterocycles. The number of ether oxygens (including phenoxy) is 1. The standard InChI is InChI=1S/C14H20O5/c1-19-14(12(17)18)10(11(15)16)13(14)6-8-4-2-3-5-9(8)7-13/h8-10H,2-7H2,1H3,(H,15,16)(H,17,18)/t8-,9-,10+,14+/m0/s1. The molecular weight excluding hydrogens is 248 g/mol. The zero-order valence-electron chi connectivity index (χ0n) is 11.1. The number of rotatable bonds is 3. The first-order chi connectivity index (χ1) is 8.99. The lowest BCUT2D eigenvalue weighted by atomic mass is 9.82. The Balaban J connectivity index is 1.95. The van der Waals surface area contributed by atoms with E-state index in [4.69, 9.17) is 4.74 Å². The van der Waals surface area contributed by atoms with Crippen molar-refractivity contribution in [3.63, 3.8) is 0 Å².